The van der Waals surface area contributed by atoms with Crippen LogP contribution in [0.1, 0.15) is 45.0 Å². The zero-order chi connectivity index (χ0) is 19.2. The van der Waals surface area contributed by atoms with E-state index in [1.807, 2.05) is 12.1 Å². The van der Waals surface area contributed by atoms with Crippen LogP contribution >= 0.6 is 0 Å². The second-order valence-corrected chi connectivity index (χ2v) is 6.86. The van der Waals surface area contributed by atoms with Gasteiger partial charge in [0.1, 0.15) is 5.75 Å². The summed E-state index contributed by atoms with van der Waals surface area (Å²) >= 11 is 0. The molecule has 0 radical (unpaired) electrons. The topological polar surface area (TPSA) is 126 Å². The van der Waals surface area contributed by atoms with Gasteiger partial charge in [0.25, 0.3) is 0 Å². The molecule has 0 aliphatic heterocycles. The van der Waals surface area contributed by atoms with Crippen molar-refractivity contribution >= 4 is 17.9 Å². The summed E-state index contributed by atoms with van der Waals surface area (Å²) in [6, 6.07) is 7.98. The second kappa shape index (κ2) is 8.46. The summed E-state index contributed by atoms with van der Waals surface area (Å²) < 4.78 is 10.7. The van der Waals surface area contributed by atoms with Gasteiger partial charge in [0.15, 0.2) is 12.4 Å². The molecule has 0 aliphatic carbocycles. The molecule has 0 bridgehead atoms. The number of nitrogens with two attached hydrogens (primary N) is 2. The van der Waals surface area contributed by atoms with Crippen LogP contribution in [0.2, 0.25) is 0 Å². The van der Waals surface area contributed by atoms with Gasteiger partial charge in [-0.15, -0.1) is 0 Å². The molecule has 1 heterocycles. The van der Waals surface area contributed by atoms with Gasteiger partial charge in [-0.1, -0.05) is 32.9 Å². The van der Waals surface area contributed by atoms with Crippen LogP contribution in [0.3, 0.4) is 0 Å². The maximum absolute atomic E-state index is 11.7. The molecule has 0 saturated heterocycles. The minimum absolute atomic E-state index is 0.00516. The molecular formula is C18H25N5O3. The average molecular weight is 359 g/mol. The number of rotatable bonds is 7. The molecule has 140 valence electrons. The summed E-state index contributed by atoms with van der Waals surface area (Å²) in [6.07, 6.45) is 0.775. The van der Waals surface area contributed by atoms with Gasteiger partial charge in [-0.2, -0.15) is 15.0 Å². The fraction of sp³-hybridized carbons (Fsp3) is 0.444. The Morgan fingerprint density at radius 3 is 2.23 bits per heavy atom. The van der Waals surface area contributed by atoms with Crippen molar-refractivity contribution in [2.24, 2.45) is 0 Å². The monoisotopic (exact) mass is 359 g/mol. The van der Waals surface area contributed by atoms with Crippen molar-refractivity contribution in [2.75, 3.05) is 18.1 Å². The molecule has 0 unspecified atom stereocenters. The van der Waals surface area contributed by atoms with Gasteiger partial charge in [0.2, 0.25) is 11.9 Å². The highest BCUT2D eigenvalue weighted by atomic mass is 16.5. The van der Waals surface area contributed by atoms with E-state index < -0.39 is 0 Å². The number of anilines is 2. The number of hydrogen-bond acceptors (Lipinski definition) is 8. The fourth-order valence-electron chi connectivity index (χ4n) is 2.20. The van der Waals surface area contributed by atoms with Gasteiger partial charge in [0, 0.05) is 6.42 Å². The van der Waals surface area contributed by atoms with Crippen molar-refractivity contribution < 1.29 is 14.3 Å². The van der Waals surface area contributed by atoms with Gasteiger partial charge in [0.05, 0.1) is 6.61 Å². The zero-order valence-corrected chi connectivity index (χ0v) is 15.4. The largest absolute Gasteiger partial charge is 0.494 e. The summed E-state index contributed by atoms with van der Waals surface area (Å²) in [5.74, 6) is 0.624. The number of carbonyl (C=O) groups is 1. The van der Waals surface area contributed by atoms with E-state index in [1.54, 1.807) is 0 Å². The Balaban J connectivity index is 1.68. The molecule has 8 heteroatoms. The second-order valence-electron chi connectivity index (χ2n) is 6.86. The molecule has 0 saturated carbocycles. The minimum Gasteiger partial charge on any atom is -0.494 e. The van der Waals surface area contributed by atoms with E-state index in [1.165, 1.54) is 5.56 Å². The number of benzene rings is 1. The van der Waals surface area contributed by atoms with Gasteiger partial charge >= 0.3 is 5.97 Å². The minimum atomic E-state index is -0.366. The lowest BCUT2D eigenvalue weighted by Gasteiger charge is -2.19. The molecule has 4 N–H and O–H groups in total. The summed E-state index contributed by atoms with van der Waals surface area (Å²) in [5.41, 5.74) is 12.3. The Morgan fingerprint density at radius 2 is 1.65 bits per heavy atom. The molecule has 0 aliphatic rings. The van der Waals surface area contributed by atoms with Crippen molar-refractivity contribution in [1.29, 1.82) is 0 Å². The predicted octanol–water partition coefficient (Wildman–Crippen LogP) is 2.24. The van der Waals surface area contributed by atoms with Crippen LogP contribution in [0.25, 0.3) is 0 Å². The van der Waals surface area contributed by atoms with Crippen molar-refractivity contribution in [2.45, 2.75) is 45.6 Å². The Bertz CT molecular complexity index is 721. The first kappa shape index (κ1) is 19.4. The molecule has 0 fully saturated rings. The maximum atomic E-state index is 11.7. The smallest absolute Gasteiger partial charge is 0.306 e. The summed E-state index contributed by atoms with van der Waals surface area (Å²) in [6.45, 7) is 6.82. The summed E-state index contributed by atoms with van der Waals surface area (Å²) in [4.78, 5) is 23.1. The van der Waals surface area contributed by atoms with Crippen molar-refractivity contribution in [3.63, 3.8) is 0 Å². The first-order chi connectivity index (χ1) is 12.2. The summed E-state index contributed by atoms with van der Waals surface area (Å²) in [7, 11) is 0. The first-order valence-corrected chi connectivity index (χ1v) is 8.39. The number of hydrogen-bond donors (Lipinski definition) is 2. The third-order valence-electron chi connectivity index (χ3n) is 3.59. The van der Waals surface area contributed by atoms with Crippen LogP contribution in [-0.2, 0) is 21.6 Å². The maximum Gasteiger partial charge on any atom is 0.306 e. The highest BCUT2D eigenvalue weighted by Crippen LogP contribution is 2.24. The number of nitrogens with zero attached hydrogens (tertiary/aromatic N) is 3. The van der Waals surface area contributed by atoms with Crippen molar-refractivity contribution in [3.8, 4) is 5.75 Å². The Morgan fingerprint density at radius 1 is 1.04 bits per heavy atom. The molecule has 1 aromatic carbocycles. The average Bonchev–Trinajstić information content (AvgIpc) is 2.56. The van der Waals surface area contributed by atoms with Crippen molar-refractivity contribution in [1.82, 2.24) is 15.0 Å². The highest BCUT2D eigenvalue weighted by Gasteiger charge is 2.13. The molecule has 0 amide bonds. The highest BCUT2D eigenvalue weighted by molar-refractivity contribution is 5.69. The van der Waals surface area contributed by atoms with Crippen LogP contribution in [-0.4, -0.2) is 27.5 Å². The van der Waals surface area contributed by atoms with Crippen molar-refractivity contribution in [3.05, 3.63) is 35.7 Å². The van der Waals surface area contributed by atoms with E-state index in [4.69, 9.17) is 20.9 Å². The van der Waals surface area contributed by atoms with Crippen LogP contribution in [0.5, 0.6) is 5.75 Å². The lowest BCUT2D eigenvalue weighted by atomic mass is 9.87. The lowest BCUT2D eigenvalue weighted by molar-refractivity contribution is -0.145. The van der Waals surface area contributed by atoms with Gasteiger partial charge in [-0.25, -0.2) is 0 Å². The number of esters is 1. The molecule has 2 rings (SSSR count). The predicted molar refractivity (Wildman–Crippen MR) is 98.3 cm³/mol. The third-order valence-corrected chi connectivity index (χ3v) is 3.59. The van der Waals surface area contributed by atoms with Gasteiger partial charge < -0.3 is 20.9 Å². The van der Waals surface area contributed by atoms with Crippen LogP contribution in [0, 0.1) is 0 Å². The van der Waals surface area contributed by atoms with Crippen LogP contribution < -0.4 is 16.2 Å². The molecule has 0 spiro atoms. The van der Waals surface area contributed by atoms with Gasteiger partial charge in [-0.05, 0) is 29.5 Å². The van der Waals surface area contributed by atoms with E-state index in [-0.39, 0.29) is 42.1 Å². The van der Waals surface area contributed by atoms with Crippen LogP contribution in [0.4, 0.5) is 11.9 Å². The Hall–Kier alpha value is -2.90. The molecule has 1 aromatic heterocycles. The molecular weight excluding hydrogens is 334 g/mol. The normalized spacial score (nSPS) is 11.2. The van der Waals surface area contributed by atoms with E-state index in [9.17, 15) is 4.79 Å². The Kier molecular flexibility index (Phi) is 6.32. The molecule has 2 aromatic rings. The van der Waals surface area contributed by atoms with E-state index in [2.05, 4.69) is 47.9 Å². The first-order valence-electron chi connectivity index (χ1n) is 8.39. The number of carbonyl (C=O) groups excluding carboxylic acids is 1. The number of nitrogen functional groups attached to an aromatic ring is 2. The zero-order valence-electron chi connectivity index (χ0n) is 15.4. The fourth-order valence-corrected chi connectivity index (χ4v) is 2.20. The number of ether oxygens (including phenoxy) is 2. The van der Waals surface area contributed by atoms with E-state index in [0.29, 0.717) is 13.0 Å². The Labute approximate surface area is 153 Å². The quantitative estimate of drug-likeness (QED) is 0.569. The third kappa shape index (κ3) is 6.19. The van der Waals surface area contributed by atoms with Gasteiger partial charge in [-0.3, -0.25) is 4.79 Å². The van der Waals surface area contributed by atoms with E-state index >= 15 is 0 Å². The molecule has 8 nitrogen and oxygen atoms in total. The number of aromatic nitrogens is 3. The van der Waals surface area contributed by atoms with E-state index in [0.717, 1.165) is 5.75 Å². The summed E-state index contributed by atoms with van der Waals surface area (Å²) in [5, 5.41) is 0. The SMILES string of the molecule is CC(C)(C)c1ccc(OCCCC(=O)OCc2nc(N)nc(N)n2)cc1. The molecule has 0 atom stereocenters. The lowest BCUT2D eigenvalue weighted by Crippen LogP contribution is -2.12. The van der Waals surface area contributed by atoms with Crippen LogP contribution in [0.15, 0.2) is 24.3 Å². The standard InChI is InChI=1S/C18H25N5O3/c1-18(2,3)12-6-8-13(9-7-12)25-10-4-5-15(24)26-11-14-21-16(19)23-17(20)22-14/h6-9H,4-5,10-11H2,1-3H3,(H4,19,20,21,22,23). The molecule has 26 heavy (non-hydrogen) atoms.